The molecule has 0 bridgehead atoms. The second-order valence-electron chi connectivity index (χ2n) is 6.42. The Balaban J connectivity index is 1.58. The minimum Gasteiger partial charge on any atom is -0.493 e. The molecule has 0 spiro atoms. The number of nitrogens with one attached hydrogen (secondary N) is 2. The lowest BCUT2D eigenvalue weighted by molar-refractivity contribution is -0.913. The zero-order chi connectivity index (χ0) is 19.2. The fourth-order valence-electron chi connectivity index (χ4n) is 3.08. The Hall–Kier alpha value is -2.38. The number of quaternary nitrogens is 1. The van der Waals surface area contributed by atoms with Crippen LogP contribution in [-0.4, -0.2) is 37.7 Å². The van der Waals surface area contributed by atoms with Gasteiger partial charge in [-0.3, -0.25) is 10.1 Å². The van der Waals surface area contributed by atoms with Gasteiger partial charge in [-0.05, 0) is 31.5 Å². The van der Waals surface area contributed by atoms with Crippen LogP contribution in [0.5, 0.6) is 11.5 Å². The molecule has 1 unspecified atom stereocenters. The molecule has 7 heteroatoms. The van der Waals surface area contributed by atoms with Crippen molar-refractivity contribution < 1.29 is 19.2 Å². The summed E-state index contributed by atoms with van der Waals surface area (Å²) in [6.07, 6.45) is 4.90. The van der Waals surface area contributed by atoms with Gasteiger partial charge in [0.15, 0.2) is 23.2 Å². The number of likely N-dealkylation sites (N-methyl/N-ethyl adjacent to an activating group) is 1. The highest BCUT2D eigenvalue weighted by Crippen LogP contribution is 2.29. The number of nitrogens with zero attached hydrogens (tertiary/aromatic N) is 1. The van der Waals surface area contributed by atoms with Crippen LogP contribution in [0.1, 0.15) is 30.0 Å². The van der Waals surface area contributed by atoms with Crippen LogP contribution in [0, 0.1) is 0 Å². The van der Waals surface area contributed by atoms with Gasteiger partial charge < -0.3 is 14.4 Å². The number of benzene rings is 1. The van der Waals surface area contributed by atoms with Crippen molar-refractivity contribution in [3.8, 4) is 11.5 Å². The average Bonchev–Trinajstić information content (AvgIpc) is 3.08. The van der Waals surface area contributed by atoms with Crippen molar-refractivity contribution >= 4 is 28.5 Å². The highest BCUT2D eigenvalue weighted by molar-refractivity contribution is 7.15. The van der Waals surface area contributed by atoms with E-state index in [4.69, 9.17) is 9.47 Å². The maximum atomic E-state index is 12.3. The van der Waals surface area contributed by atoms with Crippen LogP contribution in [0.2, 0.25) is 0 Å². The second kappa shape index (κ2) is 9.01. The van der Waals surface area contributed by atoms with E-state index in [0.29, 0.717) is 16.6 Å². The lowest BCUT2D eigenvalue weighted by Gasteiger charge is -2.20. The van der Waals surface area contributed by atoms with Gasteiger partial charge in [-0.25, -0.2) is 4.98 Å². The van der Waals surface area contributed by atoms with Crippen LogP contribution in [0.25, 0.3) is 6.08 Å². The van der Waals surface area contributed by atoms with Crippen LogP contribution < -0.4 is 19.7 Å². The number of aromatic nitrogens is 1. The molecular weight excluding hydrogens is 362 g/mol. The van der Waals surface area contributed by atoms with Gasteiger partial charge in [0.05, 0.1) is 30.8 Å². The summed E-state index contributed by atoms with van der Waals surface area (Å²) in [4.78, 5) is 19.7. The molecule has 0 saturated heterocycles. The fourth-order valence-corrected chi connectivity index (χ4v) is 4.18. The quantitative estimate of drug-likeness (QED) is 0.763. The van der Waals surface area contributed by atoms with Crippen LogP contribution in [0.3, 0.4) is 0 Å². The van der Waals surface area contributed by atoms with E-state index in [1.807, 2.05) is 37.3 Å². The Morgan fingerprint density at radius 3 is 3.00 bits per heavy atom. The van der Waals surface area contributed by atoms with Crippen LogP contribution in [0.15, 0.2) is 24.3 Å². The monoisotopic (exact) mass is 388 g/mol. The predicted molar refractivity (Wildman–Crippen MR) is 108 cm³/mol. The molecule has 1 amide bonds. The van der Waals surface area contributed by atoms with Crippen molar-refractivity contribution in [3.63, 3.8) is 0 Å². The summed E-state index contributed by atoms with van der Waals surface area (Å²) < 4.78 is 11.0. The molecule has 0 saturated carbocycles. The van der Waals surface area contributed by atoms with Gasteiger partial charge in [0, 0.05) is 6.42 Å². The molecule has 2 N–H and O–H groups in total. The number of carbonyl (C=O) groups is 1. The third-order valence-electron chi connectivity index (χ3n) is 4.56. The van der Waals surface area contributed by atoms with Gasteiger partial charge in [0.1, 0.15) is 6.54 Å². The van der Waals surface area contributed by atoms with Gasteiger partial charge in [0.25, 0.3) is 5.91 Å². The van der Waals surface area contributed by atoms with Crippen LogP contribution >= 0.6 is 11.3 Å². The minimum absolute atomic E-state index is 0.0874. The van der Waals surface area contributed by atoms with Gasteiger partial charge in [-0.2, -0.15) is 0 Å². The topological polar surface area (TPSA) is 64.9 Å². The van der Waals surface area contributed by atoms with Crippen LogP contribution in [0.4, 0.5) is 5.13 Å². The number of methoxy groups -OCH3 is 1. The Kier molecular flexibility index (Phi) is 6.47. The molecule has 2 heterocycles. The summed E-state index contributed by atoms with van der Waals surface area (Å²) >= 11 is 1.57. The number of carbonyl (C=O) groups excluding carboxylic acids is 1. The van der Waals surface area contributed by atoms with Gasteiger partial charge in [0.2, 0.25) is 0 Å². The number of thiazole rings is 1. The maximum absolute atomic E-state index is 12.3. The highest BCUT2D eigenvalue weighted by Gasteiger charge is 2.23. The van der Waals surface area contributed by atoms with Gasteiger partial charge >= 0.3 is 0 Å². The summed E-state index contributed by atoms with van der Waals surface area (Å²) in [5, 5.41) is 3.51. The molecule has 2 aromatic rings. The van der Waals surface area contributed by atoms with Crippen molar-refractivity contribution in [1.82, 2.24) is 4.98 Å². The fraction of sp³-hybridized carbons (Fsp3) is 0.400. The van der Waals surface area contributed by atoms with E-state index in [-0.39, 0.29) is 12.5 Å². The molecule has 1 atom stereocenters. The summed E-state index contributed by atoms with van der Waals surface area (Å²) in [5.41, 5.74) is 2.14. The summed E-state index contributed by atoms with van der Waals surface area (Å²) in [7, 11) is 1.59. The standard InChI is InChI=1S/C20H25N3O3S/c1-4-6-14-7-8-16(17(11-14)25-3)26-13-19(24)22-20-21-15-9-10-23(5-2)12-18(15)27-20/h4,6-8,11H,5,9-10,12-13H2,1-3H3,(H,21,22,24)/p+1/b6-4+. The zero-order valence-electron chi connectivity index (χ0n) is 16.0. The van der Waals surface area contributed by atoms with Crippen molar-refractivity contribution in [2.24, 2.45) is 0 Å². The van der Waals surface area contributed by atoms with Crippen molar-refractivity contribution in [2.45, 2.75) is 26.8 Å². The molecular formula is C20H26N3O3S+. The number of allylic oxidation sites excluding steroid dienone is 1. The molecule has 1 aliphatic heterocycles. The molecule has 1 aliphatic rings. The summed E-state index contributed by atoms with van der Waals surface area (Å²) in [6, 6.07) is 5.61. The molecule has 144 valence electrons. The van der Waals surface area contributed by atoms with Gasteiger partial charge in [-0.1, -0.05) is 29.6 Å². The number of ether oxygens (including phenoxy) is 2. The summed E-state index contributed by atoms with van der Waals surface area (Å²) in [6.45, 7) is 7.27. The normalized spacial score (nSPS) is 16.2. The highest BCUT2D eigenvalue weighted by atomic mass is 32.1. The Morgan fingerprint density at radius 1 is 1.41 bits per heavy atom. The molecule has 27 heavy (non-hydrogen) atoms. The molecule has 6 nitrogen and oxygen atoms in total. The van der Waals surface area contributed by atoms with Gasteiger partial charge in [-0.15, -0.1) is 0 Å². The zero-order valence-corrected chi connectivity index (χ0v) is 16.8. The van der Waals surface area contributed by atoms with E-state index in [1.54, 1.807) is 23.3 Å². The maximum Gasteiger partial charge on any atom is 0.264 e. The number of rotatable bonds is 7. The minimum atomic E-state index is -0.222. The number of hydrogen-bond acceptors (Lipinski definition) is 5. The smallest absolute Gasteiger partial charge is 0.264 e. The van der Waals surface area contributed by atoms with E-state index >= 15 is 0 Å². The van der Waals surface area contributed by atoms with E-state index in [1.165, 1.54) is 4.88 Å². The number of fused-ring (bicyclic) bond motifs is 1. The number of amides is 1. The third-order valence-corrected chi connectivity index (χ3v) is 5.57. The summed E-state index contributed by atoms with van der Waals surface area (Å²) in [5.74, 6) is 0.924. The Morgan fingerprint density at radius 2 is 2.26 bits per heavy atom. The van der Waals surface area contributed by atoms with E-state index in [2.05, 4.69) is 17.2 Å². The molecule has 3 rings (SSSR count). The number of hydrogen-bond donors (Lipinski definition) is 2. The van der Waals surface area contributed by atoms with Crippen molar-refractivity contribution in [1.29, 1.82) is 0 Å². The first-order valence-corrected chi connectivity index (χ1v) is 10.00. The van der Waals surface area contributed by atoms with Crippen LogP contribution in [-0.2, 0) is 17.8 Å². The second-order valence-corrected chi connectivity index (χ2v) is 7.50. The average molecular weight is 389 g/mol. The Bertz CT molecular complexity index is 832. The number of anilines is 1. The molecule has 1 aromatic heterocycles. The van der Waals surface area contributed by atoms with Crippen molar-refractivity contribution in [2.75, 3.05) is 32.1 Å². The first-order chi connectivity index (χ1) is 13.1. The van der Waals surface area contributed by atoms with E-state index in [9.17, 15) is 4.79 Å². The SMILES string of the molecule is C/C=C/c1ccc(OCC(=O)Nc2nc3c(s2)C[NH+](CC)CC3)c(OC)c1. The third kappa shape index (κ3) is 4.87. The molecule has 0 aliphatic carbocycles. The van der Waals surface area contributed by atoms with E-state index < -0.39 is 0 Å². The molecule has 0 fully saturated rings. The van der Waals surface area contributed by atoms with E-state index in [0.717, 1.165) is 37.3 Å². The first-order valence-electron chi connectivity index (χ1n) is 9.18. The lowest BCUT2D eigenvalue weighted by Crippen LogP contribution is -3.11. The molecule has 1 aromatic carbocycles. The predicted octanol–water partition coefficient (Wildman–Crippen LogP) is 2.16. The first kappa shape index (κ1) is 19.4. The largest absolute Gasteiger partial charge is 0.493 e. The van der Waals surface area contributed by atoms with Crippen molar-refractivity contribution in [3.05, 3.63) is 40.4 Å². The molecule has 0 radical (unpaired) electrons. The lowest BCUT2D eigenvalue weighted by atomic mass is 10.2. The Labute approximate surface area is 163 Å².